The lowest BCUT2D eigenvalue weighted by molar-refractivity contribution is -0.132. The number of nitrogens with zero attached hydrogens (tertiary/aromatic N) is 4. The number of ether oxygens (including phenoxy) is 2. The Hall–Kier alpha value is -0.650. The molecular formula is C23H44IN5O3. The molecule has 0 bridgehead atoms. The summed E-state index contributed by atoms with van der Waals surface area (Å²) in [6.07, 6.45) is 8.06. The number of piperazine rings is 1. The fourth-order valence-electron chi connectivity index (χ4n) is 4.60. The van der Waals surface area contributed by atoms with Crippen LogP contribution in [0.15, 0.2) is 4.99 Å². The van der Waals surface area contributed by atoms with E-state index in [9.17, 15) is 4.79 Å². The van der Waals surface area contributed by atoms with E-state index in [4.69, 9.17) is 9.47 Å². The molecule has 3 rings (SSSR count). The second-order valence-corrected chi connectivity index (χ2v) is 9.02. The fourth-order valence-corrected chi connectivity index (χ4v) is 4.60. The first-order chi connectivity index (χ1) is 15.3. The van der Waals surface area contributed by atoms with Crippen LogP contribution in [0.5, 0.6) is 0 Å². The monoisotopic (exact) mass is 565 g/mol. The van der Waals surface area contributed by atoms with Gasteiger partial charge < -0.3 is 24.6 Å². The van der Waals surface area contributed by atoms with E-state index in [1.807, 2.05) is 7.05 Å². The van der Waals surface area contributed by atoms with Gasteiger partial charge in [-0.2, -0.15) is 0 Å². The number of carbonyl (C=O) groups is 1. The number of hydrogen-bond acceptors (Lipinski definition) is 5. The first-order valence-electron chi connectivity index (χ1n) is 12.4. The summed E-state index contributed by atoms with van der Waals surface area (Å²) in [5.41, 5.74) is 0. The molecule has 8 nitrogen and oxygen atoms in total. The van der Waals surface area contributed by atoms with Crippen molar-refractivity contribution in [2.75, 3.05) is 85.8 Å². The molecular weight excluding hydrogens is 521 g/mol. The smallest absolute Gasteiger partial charge is 0.236 e. The number of guanidine groups is 1. The second-order valence-electron chi connectivity index (χ2n) is 9.02. The van der Waals surface area contributed by atoms with Crippen molar-refractivity contribution in [3.05, 3.63) is 0 Å². The van der Waals surface area contributed by atoms with Crippen molar-refractivity contribution in [3.63, 3.8) is 0 Å². The maximum atomic E-state index is 12.6. The lowest BCUT2D eigenvalue weighted by atomic mass is 10.0. The number of aliphatic imine (C=N–C) groups is 1. The predicted molar refractivity (Wildman–Crippen MR) is 139 cm³/mol. The Labute approximate surface area is 211 Å². The van der Waals surface area contributed by atoms with E-state index in [2.05, 4.69) is 25.0 Å². The maximum Gasteiger partial charge on any atom is 0.236 e. The van der Waals surface area contributed by atoms with Gasteiger partial charge in [0.15, 0.2) is 5.96 Å². The Kier molecular flexibility index (Phi) is 13.8. The topological polar surface area (TPSA) is 69.6 Å². The van der Waals surface area contributed by atoms with E-state index >= 15 is 0 Å². The van der Waals surface area contributed by atoms with Gasteiger partial charge in [-0.3, -0.25) is 14.7 Å². The molecule has 186 valence electrons. The number of hydrogen-bond donors (Lipinski definition) is 1. The Morgan fingerprint density at radius 2 is 1.69 bits per heavy atom. The highest BCUT2D eigenvalue weighted by molar-refractivity contribution is 14.0. The van der Waals surface area contributed by atoms with Crippen LogP contribution in [0, 0.1) is 5.92 Å². The Morgan fingerprint density at radius 3 is 2.34 bits per heavy atom. The molecule has 0 aromatic carbocycles. The molecule has 1 amide bonds. The lowest BCUT2D eigenvalue weighted by Crippen LogP contribution is -2.54. The van der Waals surface area contributed by atoms with Crippen LogP contribution >= 0.6 is 24.0 Å². The second kappa shape index (κ2) is 16.1. The first kappa shape index (κ1) is 27.6. The predicted octanol–water partition coefficient (Wildman–Crippen LogP) is 2.03. The average molecular weight is 566 g/mol. The number of carbonyl (C=O) groups excluding carboxylic acids is 1. The number of halogens is 1. The normalized spacial score (nSPS) is 21.7. The van der Waals surface area contributed by atoms with Gasteiger partial charge in [0, 0.05) is 79.3 Å². The zero-order valence-corrected chi connectivity index (χ0v) is 22.3. The maximum absolute atomic E-state index is 12.6. The number of nitrogens with one attached hydrogen (secondary N) is 1. The van der Waals surface area contributed by atoms with Gasteiger partial charge >= 0.3 is 0 Å². The van der Waals surface area contributed by atoms with Crippen molar-refractivity contribution in [1.29, 1.82) is 0 Å². The highest BCUT2D eigenvalue weighted by atomic mass is 127. The van der Waals surface area contributed by atoms with Crippen LogP contribution in [0.25, 0.3) is 0 Å². The molecule has 32 heavy (non-hydrogen) atoms. The fraction of sp³-hybridized carbons (Fsp3) is 0.913. The molecule has 3 fully saturated rings. The Bertz CT molecular complexity index is 544. The third-order valence-electron chi connectivity index (χ3n) is 6.64. The van der Waals surface area contributed by atoms with Gasteiger partial charge in [-0.25, -0.2) is 0 Å². The number of likely N-dealkylation sites (tertiary alicyclic amines) is 1. The molecule has 3 saturated heterocycles. The van der Waals surface area contributed by atoms with E-state index in [1.54, 1.807) is 0 Å². The summed E-state index contributed by atoms with van der Waals surface area (Å²) in [6, 6.07) is 0. The van der Waals surface area contributed by atoms with Gasteiger partial charge in [0.1, 0.15) is 0 Å². The van der Waals surface area contributed by atoms with E-state index in [0.717, 1.165) is 110 Å². The van der Waals surface area contributed by atoms with Crippen LogP contribution in [0.2, 0.25) is 0 Å². The summed E-state index contributed by atoms with van der Waals surface area (Å²) >= 11 is 0. The summed E-state index contributed by atoms with van der Waals surface area (Å²) in [4.78, 5) is 23.8. The summed E-state index contributed by atoms with van der Waals surface area (Å²) < 4.78 is 11.2. The van der Waals surface area contributed by atoms with Gasteiger partial charge in [-0.1, -0.05) is 12.8 Å². The molecule has 9 heteroatoms. The van der Waals surface area contributed by atoms with Crippen molar-refractivity contribution in [2.45, 2.75) is 44.9 Å². The molecule has 3 aliphatic rings. The van der Waals surface area contributed by atoms with Gasteiger partial charge in [-0.05, 0) is 38.0 Å². The van der Waals surface area contributed by atoms with Crippen molar-refractivity contribution in [2.24, 2.45) is 10.9 Å². The zero-order valence-electron chi connectivity index (χ0n) is 19.9. The largest absolute Gasteiger partial charge is 0.381 e. The van der Waals surface area contributed by atoms with E-state index in [1.165, 1.54) is 12.8 Å². The highest BCUT2D eigenvalue weighted by Gasteiger charge is 2.23. The minimum atomic E-state index is 0. The van der Waals surface area contributed by atoms with Crippen molar-refractivity contribution in [1.82, 2.24) is 20.0 Å². The van der Waals surface area contributed by atoms with Crippen LogP contribution in [-0.2, 0) is 14.3 Å². The van der Waals surface area contributed by atoms with Gasteiger partial charge in [0.2, 0.25) is 5.91 Å². The number of amides is 1. The van der Waals surface area contributed by atoms with Gasteiger partial charge in [-0.15, -0.1) is 24.0 Å². The average Bonchev–Trinajstić information content (AvgIpc) is 3.10. The molecule has 0 saturated carbocycles. The summed E-state index contributed by atoms with van der Waals surface area (Å²) in [7, 11) is 1.85. The quantitative estimate of drug-likeness (QED) is 0.210. The number of rotatable bonds is 8. The van der Waals surface area contributed by atoms with Crippen molar-refractivity contribution >= 4 is 35.8 Å². The molecule has 0 aromatic rings. The zero-order chi connectivity index (χ0) is 21.7. The van der Waals surface area contributed by atoms with E-state index < -0.39 is 0 Å². The highest BCUT2D eigenvalue weighted by Crippen LogP contribution is 2.14. The molecule has 3 heterocycles. The lowest BCUT2D eigenvalue weighted by Gasteiger charge is -2.37. The minimum Gasteiger partial charge on any atom is -0.381 e. The minimum absolute atomic E-state index is 0. The van der Waals surface area contributed by atoms with Crippen LogP contribution in [0.1, 0.15) is 44.9 Å². The van der Waals surface area contributed by atoms with Gasteiger partial charge in [0.25, 0.3) is 0 Å². The van der Waals surface area contributed by atoms with Gasteiger partial charge in [0.05, 0.1) is 6.54 Å². The summed E-state index contributed by atoms with van der Waals surface area (Å²) in [5, 5.41) is 3.47. The summed E-state index contributed by atoms with van der Waals surface area (Å²) in [6.45, 7) is 10.4. The molecule has 0 spiro atoms. The molecule has 0 aliphatic carbocycles. The van der Waals surface area contributed by atoms with Crippen molar-refractivity contribution in [3.8, 4) is 0 Å². The van der Waals surface area contributed by atoms with Crippen molar-refractivity contribution < 1.29 is 14.3 Å². The molecule has 3 aliphatic heterocycles. The third kappa shape index (κ3) is 9.69. The van der Waals surface area contributed by atoms with Crippen LogP contribution in [0.4, 0.5) is 0 Å². The molecule has 0 atom stereocenters. The molecule has 0 unspecified atom stereocenters. The Morgan fingerprint density at radius 1 is 1.00 bits per heavy atom. The van der Waals surface area contributed by atoms with Crippen LogP contribution in [-0.4, -0.2) is 112 Å². The SMILES string of the molecule is CN=C(NCCCOCC1CCOCC1)N1CCN(CC(=O)N2CCCCCC2)CC1.I. The Balaban J connectivity index is 0.00000363. The first-order valence-corrected chi connectivity index (χ1v) is 12.4. The summed E-state index contributed by atoms with van der Waals surface area (Å²) in [5.74, 6) is 1.93. The van der Waals surface area contributed by atoms with E-state index in [0.29, 0.717) is 18.4 Å². The molecule has 1 N–H and O–H groups in total. The molecule has 0 aromatic heterocycles. The van der Waals surface area contributed by atoms with Crippen LogP contribution in [0.3, 0.4) is 0 Å². The van der Waals surface area contributed by atoms with E-state index in [-0.39, 0.29) is 24.0 Å². The standard InChI is InChI=1S/C23H43N5O3.HI/c1-24-23(25-9-6-16-31-20-21-7-17-30-18-8-21)28-14-12-26(13-15-28)19-22(29)27-10-4-2-3-5-11-27;/h21H,2-20H2,1H3,(H,24,25);1H. The van der Waals surface area contributed by atoms with Crippen LogP contribution < -0.4 is 5.32 Å². The molecule has 0 radical (unpaired) electrons. The third-order valence-corrected chi connectivity index (χ3v) is 6.64.